The van der Waals surface area contributed by atoms with Gasteiger partial charge in [0.25, 0.3) is 0 Å². The third-order valence-corrected chi connectivity index (χ3v) is 4.87. The van der Waals surface area contributed by atoms with Crippen LogP contribution in [0.3, 0.4) is 0 Å². The average Bonchev–Trinajstić information content (AvgIpc) is 2.43. The van der Waals surface area contributed by atoms with Crippen LogP contribution in [0, 0.1) is 5.82 Å². The van der Waals surface area contributed by atoms with Gasteiger partial charge in [-0.3, -0.25) is 4.90 Å². The van der Waals surface area contributed by atoms with Crippen molar-refractivity contribution < 1.29 is 17.5 Å². The van der Waals surface area contributed by atoms with Crippen LogP contribution < -0.4 is 10.5 Å². The summed E-state index contributed by atoms with van der Waals surface area (Å²) in [4.78, 5) is 1.53. The summed E-state index contributed by atoms with van der Waals surface area (Å²) in [6, 6.07) is 2.22. The molecule has 0 bridgehead atoms. The van der Waals surface area contributed by atoms with Crippen molar-refractivity contribution in [3.63, 3.8) is 0 Å². The van der Waals surface area contributed by atoms with Gasteiger partial charge >= 0.3 is 0 Å². The number of hydrogen-bond donors (Lipinski definition) is 2. The Bertz CT molecular complexity index is 606. The van der Waals surface area contributed by atoms with Crippen molar-refractivity contribution >= 4 is 27.3 Å². The van der Waals surface area contributed by atoms with Crippen molar-refractivity contribution in [2.45, 2.75) is 4.90 Å². The van der Waals surface area contributed by atoms with E-state index in [-0.39, 0.29) is 17.3 Å². The van der Waals surface area contributed by atoms with Gasteiger partial charge in [0.1, 0.15) is 4.90 Å². The number of sulfonamides is 1. The van der Waals surface area contributed by atoms with Gasteiger partial charge in [-0.2, -0.15) is 0 Å². The molecular formula is C12H17ClFN3O3S. The molecule has 1 aromatic carbocycles. The van der Waals surface area contributed by atoms with E-state index in [1.807, 2.05) is 0 Å². The molecule has 1 heterocycles. The predicted molar refractivity (Wildman–Crippen MR) is 78.3 cm³/mol. The lowest BCUT2D eigenvalue weighted by atomic mass is 10.3. The number of anilines is 1. The van der Waals surface area contributed by atoms with E-state index in [1.165, 1.54) is 6.07 Å². The van der Waals surface area contributed by atoms with Crippen LogP contribution in [0.1, 0.15) is 0 Å². The third kappa shape index (κ3) is 4.27. The van der Waals surface area contributed by atoms with Crippen molar-refractivity contribution in [3.8, 4) is 0 Å². The van der Waals surface area contributed by atoms with Crippen LogP contribution in [-0.4, -0.2) is 52.7 Å². The van der Waals surface area contributed by atoms with Gasteiger partial charge in [0, 0.05) is 31.9 Å². The highest BCUT2D eigenvalue weighted by atomic mass is 35.5. The van der Waals surface area contributed by atoms with Crippen LogP contribution in [0.2, 0.25) is 5.02 Å². The summed E-state index contributed by atoms with van der Waals surface area (Å²) in [7, 11) is -3.98. The number of halogens is 2. The molecule has 1 aliphatic rings. The molecule has 1 aromatic rings. The third-order valence-electron chi connectivity index (χ3n) is 3.13. The lowest BCUT2D eigenvalue weighted by Crippen LogP contribution is -2.41. The number of rotatable bonds is 5. The van der Waals surface area contributed by atoms with Gasteiger partial charge in [-0.15, -0.1) is 0 Å². The molecule has 0 unspecified atom stereocenters. The molecule has 0 amide bonds. The molecule has 0 saturated carbocycles. The second-order valence-electron chi connectivity index (χ2n) is 4.67. The Hall–Kier alpha value is -0.930. The predicted octanol–water partition coefficient (Wildman–Crippen LogP) is 0.672. The highest BCUT2D eigenvalue weighted by Gasteiger charge is 2.22. The molecule has 0 aromatic heterocycles. The largest absolute Gasteiger partial charge is 0.399 e. The number of morpholine rings is 1. The fourth-order valence-corrected chi connectivity index (χ4v) is 3.46. The molecule has 0 atom stereocenters. The van der Waals surface area contributed by atoms with E-state index in [0.717, 1.165) is 19.2 Å². The van der Waals surface area contributed by atoms with Crippen LogP contribution in [0.15, 0.2) is 17.0 Å². The minimum atomic E-state index is -3.98. The van der Waals surface area contributed by atoms with Crippen LogP contribution in [0.4, 0.5) is 10.1 Å². The molecule has 9 heteroatoms. The topological polar surface area (TPSA) is 84.7 Å². The summed E-state index contributed by atoms with van der Waals surface area (Å²) in [6.07, 6.45) is 0. The fraction of sp³-hybridized carbons (Fsp3) is 0.500. The van der Waals surface area contributed by atoms with E-state index >= 15 is 0 Å². The molecule has 6 nitrogen and oxygen atoms in total. The molecule has 0 radical (unpaired) electrons. The number of nitrogens with two attached hydrogens (primary N) is 1. The summed E-state index contributed by atoms with van der Waals surface area (Å²) in [5, 5.41) is -0.316. The van der Waals surface area contributed by atoms with Gasteiger partial charge in [-0.25, -0.2) is 17.5 Å². The summed E-state index contributed by atoms with van der Waals surface area (Å²) in [6.45, 7) is 3.47. The van der Waals surface area contributed by atoms with Crippen LogP contribution in [-0.2, 0) is 14.8 Å². The minimum Gasteiger partial charge on any atom is -0.399 e. The second kappa shape index (κ2) is 6.89. The first kappa shape index (κ1) is 16.4. The lowest BCUT2D eigenvalue weighted by Gasteiger charge is -2.26. The van der Waals surface area contributed by atoms with E-state index in [9.17, 15) is 12.8 Å². The number of nitrogen functional groups attached to an aromatic ring is 1. The minimum absolute atomic E-state index is 0.0926. The smallest absolute Gasteiger partial charge is 0.243 e. The Labute approximate surface area is 128 Å². The summed E-state index contributed by atoms with van der Waals surface area (Å²) in [5.74, 6) is -0.996. The van der Waals surface area contributed by atoms with Crippen molar-refractivity contribution in [2.75, 3.05) is 45.1 Å². The zero-order chi connectivity index (χ0) is 15.5. The molecule has 1 aliphatic heterocycles. The molecule has 0 spiro atoms. The monoisotopic (exact) mass is 337 g/mol. The highest BCUT2D eigenvalue weighted by molar-refractivity contribution is 7.89. The molecule has 0 aliphatic carbocycles. The molecule has 118 valence electrons. The van der Waals surface area contributed by atoms with Gasteiger partial charge in [-0.1, -0.05) is 11.6 Å². The van der Waals surface area contributed by atoms with Gasteiger partial charge in [0.05, 0.1) is 18.2 Å². The second-order valence-corrected chi connectivity index (χ2v) is 6.81. The Balaban J connectivity index is 2.01. The molecule has 3 N–H and O–H groups in total. The Morgan fingerprint density at radius 2 is 2.05 bits per heavy atom. The van der Waals surface area contributed by atoms with E-state index in [4.69, 9.17) is 22.1 Å². The summed E-state index contributed by atoms with van der Waals surface area (Å²) in [5.41, 5.74) is 5.60. The van der Waals surface area contributed by atoms with Crippen molar-refractivity contribution in [3.05, 3.63) is 23.0 Å². The quantitative estimate of drug-likeness (QED) is 0.772. The van der Waals surface area contributed by atoms with E-state index in [1.54, 1.807) is 0 Å². The number of hydrogen-bond acceptors (Lipinski definition) is 5. The molecule has 21 heavy (non-hydrogen) atoms. The van der Waals surface area contributed by atoms with Crippen LogP contribution >= 0.6 is 11.6 Å². The van der Waals surface area contributed by atoms with Gasteiger partial charge in [0.15, 0.2) is 5.82 Å². The maximum absolute atomic E-state index is 13.8. The van der Waals surface area contributed by atoms with E-state index in [0.29, 0.717) is 19.8 Å². The number of nitrogens with one attached hydrogen (secondary N) is 1. The Morgan fingerprint density at radius 1 is 1.38 bits per heavy atom. The van der Waals surface area contributed by atoms with E-state index < -0.39 is 20.7 Å². The average molecular weight is 338 g/mol. The maximum Gasteiger partial charge on any atom is 0.243 e. The molecular weight excluding hydrogens is 321 g/mol. The molecule has 1 fully saturated rings. The molecule has 1 saturated heterocycles. The van der Waals surface area contributed by atoms with Gasteiger partial charge in [-0.05, 0) is 12.1 Å². The highest BCUT2D eigenvalue weighted by Crippen LogP contribution is 2.25. The van der Waals surface area contributed by atoms with E-state index in [2.05, 4.69) is 9.62 Å². The standard InChI is InChI=1S/C12H17ClFN3O3S/c13-10-7-9(15)8-11(12(10)14)21(18,19)16-1-2-17-3-5-20-6-4-17/h7-8,16H,1-6,15H2. The fourth-order valence-electron chi connectivity index (χ4n) is 2.02. The Morgan fingerprint density at radius 3 is 2.71 bits per heavy atom. The van der Waals surface area contributed by atoms with Gasteiger partial charge in [0.2, 0.25) is 10.0 Å². The summed E-state index contributed by atoms with van der Waals surface area (Å²) >= 11 is 5.61. The number of benzene rings is 1. The first-order valence-electron chi connectivity index (χ1n) is 6.44. The maximum atomic E-state index is 13.8. The van der Waals surface area contributed by atoms with Crippen molar-refractivity contribution in [1.29, 1.82) is 0 Å². The first-order chi connectivity index (χ1) is 9.90. The van der Waals surface area contributed by atoms with Gasteiger partial charge < -0.3 is 10.5 Å². The normalized spacial score (nSPS) is 17.0. The first-order valence-corrected chi connectivity index (χ1v) is 8.30. The zero-order valence-corrected chi connectivity index (χ0v) is 12.9. The lowest BCUT2D eigenvalue weighted by molar-refractivity contribution is 0.0390. The van der Waals surface area contributed by atoms with Crippen LogP contribution in [0.5, 0.6) is 0 Å². The number of nitrogens with zero attached hydrogens (tertiary/aromatic N) is 1. The zero-order valence-electron chi connectivity index (χ0n) is 11.3. The summed E-state index contributed by atoms with van der Waals surface area (Å²) < 4.78 is 45.6. The number of ether oxygens (including phenoxy) is 1. The van der Waals surface area contributed by atoms with Crippen molar-refractivity contribution in [2.24, 2.45) is 0 Å². The molecule has 2 rings (SSSR count). The van der Waals surface area contributed by atoms with Crippen LogP contribution in [0.25, 0.3) is 0 Å². The SMILES string of the molecule is Nc1cc(Cl)c(F)c(S(=O)(=O)NCCN2CCOCC2)c1. The van der Waals surface area contributed by atoms with Crippen molar-refractivity contribution in [1.82, 2.24) is 9.62 Å². The Kier molecular flexibility index (Phi) is 5.39.